The highest BCUT2D eigenvalue weighted by Crippen LogP contribution is 2.37. The third-order valence-corrected chi connectivity index (χ3v) is 4.17. The Balaban J connectivity index is 1.59. The minimum atomic E-state index is -0.635. The maximum atomic E-state index is 12.0. The molecule has 0 fully saturated rings. The Hall–Kier alpha value is -3.13. The highest BCUT2D eigenvalue weighted by atomic mass is 32.1. The largest absolute Gasteiger partial charge is 0.454 e. The van der Waals surface area contributed by atoms with Gasteiger partial charge in [0.25, 0.3) is 5.91 Å². The van der Waals surface area contributed by atoms with Crippen molar-refractivity contribution in [2.75, 3.05) is 18.7 Å². The summed E-state index contributed by atoms with van der Waals surface area (Å²) in [5.74, 6) is -0.569. The summed E-state index contributed by atoms with van der Waals surface area (Å²) < 4.78 is 15.4. The monoisotopic (exact) mass is 373 g/mol. The zero-order valence-corrected chi connectivity index (χ0v) is 14.6. The Morgan fingerprint density at radius 2 is 2.04 bits per heavy atom. The lowest BCUT2D eigenvalue weighted by Crippen LogP contribution is -2.21. The smallest absolute Gasteiger partial charge is 0.331 e. The van der Waals surface area contributed by atoms with Crippen molar-refractivity contribution in [2.24, 2.45) is 0 Å². The number of nitrogens with one attached hydrogen (secondary N) is 1. The van der Waals surface area contributed by atoms with Gasteiger partial charge in [-0.25, -0.2) is 4.79 Å². The van der Waals surface area contributed by atoms with Gasteiger partial charge in [-0.15, -0.1) is 0 Å². The van der Waals surface area contributed by atoms with Crippen molar-refractivity contribution in [3.05, 3.63) is 46.2 Å². The van der Waals surface area contributed by atoms with Crippen molar-refractivity contribution in [2.45, 2.75) is 6.92 Å². The predicted molar refractivity (Wildman–Crippen MR) is 95.5 cm³/mol. The summed E-state index contributed by atoms with van der Waals surface area (Å²) in [6, 6.07) is 4.87. The van der Waals surface area contributed by atoms with Crippen LogP contribution in [0.4, 0.5) is 5.69 Å². The van der Waals surface area contributed by atoms with Crippen molar-refractivity contribution in [3.63, 3.8) is 0 Å². The molecular weight excluding hydrogens is 358 g/mol. The van der Waals surface area contributed by atoms with Crippen LogP contribution in [0.1, 0.15) is 22.8 Å². The van der Waals surface area contributed by atoms with E-state index < -0.39 is 18.5 Å². The zero-order valence-electron chi connectivity index (χ0n) is 13.8. The maximum Gasteiger partial charge on any atom is 0.331 e. The quantitative estimate of drug-likeness (QED) is 0.476. The molecule has 2 aromatic rings. The van der Waals surface area contributed by atoms with E-state index in [-0.39, 0.29) is 23.8 Å². The molecule has 7 nitrogen and oxygen atoms in total. The van der Waals surface area contributed by atoms with Gasteiger partial charge in [0, 0.05) is 17.7 Å². The van der Waals surface area contributed by atoms with Crippen LogP contribution in [0.3, 0.4) is 0 Å². The fourth-order valence-corrected chi connectivity index (χ4v) is 2.87. The summed E-state index contributed by atoms with van der Waals surface area (Å²) in [4.78, 5) is 35.4. The van der Waals surface area contributed by atoms with Crippen LogP contribution < -0.4 is 14.8 Å². The topological polar surface area (TPSA) is 90.9 Å². The molecule has 0 saturated carbocycles. The number of Topliss-reactive ketones (excluding diaryl/α,β-unsaturated/α-hetero) is 1. The Labute approximate surface area is 153 Å². The van der Waals surface area contributed by atoms with Crippen molar-refractivity contribution < 1.29 is 28.6 Å². The molecule has 1 N–H and O–H groups in total. The molecule has 26 heavy (non-hydrogen) atoms. The van der Waals surface area contributed by atoms with E-state index in [1.165, 1.54) is 36.5 Å². The molecule has 0 atom stereocenters. The van der Waals surface area contributed by atoms with Gasteiger partial charge in [0.1, 0.15) is 0 Å². The molecule has 0 spiro atoms. The zero-order chi connectivity index (χ0) is 18.5. The average Bonchev–Trinajstić information content (AvgIpc) is 3.28. The molecule has 8 heteroatoms. The van der Waals surface area contributed by atoms with E-state index in [4.69, 9.17) is 14.2 Å². The second kappa shape index (κ2) is 7.83. The lowest BCUT2D eigenvalue weighted by molar-refractivity contribution is -0.142. The van der Waals surface area contributed by atoms with E-state index in [0.29, 0.717) is 11.5 Å². The second-order valence-corrected chi connectivity index (χ2v) is 6.13. The first-order valence-corrected chi connectivity index (χ1v) is 8.58. The fraction of sp³-hybridized carbons (Fsp3) is 0.167. The van der Waals surface area contributed by atoms with Crippen LogP contribution in [0, 0.1) is 0 Å². The molecule has 3 rings (SSSR count). The van der Waals surface area contributed by atoms with Gasteiger partial charge >= 0.3 is 5.97 Å². The Bertz CT molecular complexity index is 872. The second-order valence-electron chi connectivity index (χ2n) is 5.35. The van der Waals surface area contributed by atoms with Crippen LogP contribution in [-0.2, 0) is 14.3 Å². The maximum absolute atomic E-state index is 12.0. The van der Waals surface area contributed by atoms with Crippen LogP contribution in [0.5, 0.6) is 11.5 Å². The SMILES string of the molecule is CC(=O)c1cc2c(cc1NC(=O)COC(=O)/C=C/c1ccsc1)OCO2. The highest BCUT2D eigenvalue weighted by Gasteiger charge is 2.20. The van der Waals surface area contributed by atoms with E-state index in [0.717, 1.165) is 5.56 Å². The number of ether oxygens (including phenoxy) is 3. The van der Waals surface area contributed by atoms with Gasteiger partial charge < -0.3 is 19.5 Å². The van der Waals surface area contributed by atoms with Gasteiger partial charge in [-0.2, -0.15) is 11.3 Å². The number of esters is 1. The lowest BCUT2D eigenvalue weighted by Gasteiger charge is -2.10. The van der Waals surface area contributed by atoms with Crippen molar-refractivity contribution in [3.8, 4) is 11.5 Å². The Morgan fingerprint density at radius 1 is 1.27 bits per heavy atom. The number of carbonyl (C=O) groups excluding carboxylic acids is 3. The van der Waals surface area contributed by atoms with E-state index in [1.54, 1.807) is 6.08 Å². The molecule has 2 heterocycles. The molecule has 1 aliphatic heterocycles. The van der Waals surface area contributed by atoms with Gasteiger partial charge in [0.15, 0.2) is 23.9 Å². The molecule has 1 amide bonds. The van der Waals surface area contributed by atoms with Gasteiger partial charge in [0.2, 0.25) is 6.79 Å². The number of hydrogen-bond acceptors (Lipinski definition) is 7. The molecule has 0 saturated heterocycles. The summed E-state index contributed by atoms with van der Waals surface area (Å²) in [5.41, 5.74) is 1.44. The third-order valence-electron chi connectivity index (χ3n) is 3.47. The Kier molecular flexibility index (Phi) is 5.33. The summed E-state index contributed by atoms with van der Waals surface area (Å²) in [5, 5.41) is 6.31. The van der Waals surface area contributed by atoms with Crippen molar-refractivity contribution in [1.29, 1.82) is 0 Å². The molecular formula is C18H15NO6S. The molecule has 134 valence electrons. The highest BCUT2D eigenvalue weighted by molar-refractivity contribution is 7.08. The van der Waals surface area contributed by atoms with Crippen molar-refractivity contribution >= 4 is 40.8 Å². The summed E-state index contributed by atoms with van der Waals surface area (Å²) >= 11 is 1.51. The van der Waals surface area contributed by atoms with Crippen LogP contribution >= 0.6 is 11.3 Å². The number of fused-ring (bicyclic) bond motifs is 1. The normalized spacial score (nSPS) is 12.2. The molecule has 1 aliphatic rings. The minimum absolute atomic E-state index is 0.0537. The predicted octanol–water partition coefficient (Wildman–Crippen LogP) is 2.87. The summed E-state index contributed by atoms with van der Waals surface area (Å²) in [7, 11) is 0. The van der Waals surface area contributed by atoms with Gasteiger partial charge in [-0.05, 0) is 41.5 Å². The molecule has 1 aromatic carbocycles. The first kappa shape index (κ1) is 17.7. The number of hydrogen-bond donors (Lipinski definition) is 1. The molecule has 0 unspecified atom stereocenters. The standard InChI is InChI=1S/C18H15NO6S/c1-11(20)13-6-15-16(25-10-24-15)7-14(13)19-17(21)8-23-18(22)3-2-12-4-5-26-9-12/h2-7,9H,8,10H2,1H3,(H,19,21)/b3-2+. The van der Waals surface area contributed by atoms with Crippen LogP contribution in [0.2, 0.25) is 0 Å². The number of amides is 1. The number of carbonyl (C=O) groups is 3. The first-order chi connectivity index (χ1) is 12.5. The molecule has 0 radical (unpaired) electrons. The number of anilines is 1. The van der Waals surface area contributed by atoms with Crippen molar-refractivity contribution in [1.82, 2.24) is 0 Å². The number of thiophene rings is 1. The van der Waals surface area contributed by atoms with E-state index in [2.05, 4.69) is 5.32 Å². The first-order valence-electron chi connectivity index (χ1n) is 7.64. The van der Waals surface area contributed by atoms with Crippen LogP contribution in [0.25, 0.3) is 6.08 Å². The van der Waals surface area contributed by atoms with E-state index in [1.807, 2.05) is 16.8 Å². The number of benzene rings is 1. The summed E-state index contributed by atoms with van der Waals surface area (Å²) in [6.45, 7) is 0.958. The third kappa shape index (κ3) is 4.28. The van der Waals surface area contributed by atoms with Crippen LogP contribution in [0.15, 0.2) is 35.0 Å². The Morgan fingerprint density at radius 3 is 2.73 bits per heavy atom. The summed E-state index contributed by atoms with van der Waals surface area (Å²) in [6.07, 6.45) is 2.85. The number of rotatable bonds is 6. The number of ketones is 1. The van der Waals surface area contributed by atoms with Gasteiger partial charge in [-0.3, -0.25) is 9.59 Å². The van der Waals surface area contributed by atoms with Crippen LogP contribution in [-0.4, -0.2) is 31.1 Å². The van der Waals surface area contributed by atoms with Gasteiger partial charge in [0.05, 0.1) is 5.69 Å². The van der Waals surface area contributed by atoms with E-state index >= 15 is 0 Å². The minimum Gasteiger partial charge on any atom is -0.454 e. The van der Waals surface area contributed by atoms with Gasteiger partial charge in [-0.1, -0.05) is 0 Å². The fourth-order valence-electron chi connectivity index (χ4n) is 2.24. The average molecular weight is 373 g/mol. The molecule has 0 aliphatic carbocycles. The van der Waals surface area contributed by atoms with E-state index in [9.17, 15) is 14.4 Å². The molecule has 0 bridgehead atoms. The lowest BCUT2D eigenvalue weighted by atomic mass is 10.1. The molecule has 1 aromatic heterocycles.